The predicted octanol–water partition coefficient (Wildman–Crippen LogP) is 4.96. The third-order valence-corrected chi connectivity index (χ3v) is 5.55. The van der Waals surface area contributed by atoms with Crippen molar-refractivity contribution in [3.8, 4) is 22.8 Å². The van der Waals surface area contributed by atoms with Gasteiger partial charge in [0.1, 0.15) is 11.5 Å². The predicted molar refractivity (Wildman–Crippen MR) is 107 cm³/mol. The molecule has 1 fully saturated rings. The van der Waals surface area contributed by atoms with Crippen LogP contribution >= 0.6 is 11.3 Å². The first-order valence-corrected chi connectivity index (χ1v) is 9.65. The van der Waals surface area contributed by atoms with E-state index in [2.05, 4.69) is 10.7 Å². The van der Waals surface area contributed by atoms with Crippen LogP contribution in [0.25, 0.3) is 11.3 Å². The maximum Gasteiger partial charge on any atom is 0.255 e. The third-order valence-electron chi connectivity index (χ3n) is 4.55. The Morgan fingerprint density at radius 1 is 1.11 bits per heavy atom. The molecule has 0 spiro atoms. The zero-order chi connectivity index (χ0) is 18.8. The van der Waals surface area contributed by atoms with Gasteiger partial charge >= 0.3 is 0 Å². The largest absolute Gasteiger partial charge is 0.497 e. The Morgan fingerprint density at radius 3 is 2.56 bits per heavy atom. The average molecular weight is 380 g/mol. The van der Waals surface area contributed by atoms with E-state index >= 15 is 0 Å². The number of carbonyl (C=O) groups excluding carboxylic acids is 1. The number of nitrogens with zero attached hydrogens (tertiary/aromatic N) is 1. The van der Waals surface area contributed by atoms with Crippen molar-refractivity contribution in [2.75, 3.05) is 19.5 Å². The number of hydrogen-bond acceptors (Lipinski definition) is 5. The molecule has 1 aliphatic carbocycles. The van der Waals surface area contributed by atoms with Gasteiger partial charge in [-0.25, -0.2) is 4.98 Å². The summed E-state index contributed by atoms with van der Waals surface area (Å²) in [7, 11) is 3.15. The van der Waals surface area contributed by atoms with Gasteiger partial charge in [0.15, 0.2) is 0 Å². The first kappa shape index (κ1) is 17.5. The van der Waals surface area contributed by atoms with E-state index < -0.39 is 0 Å². The van der Waals surface area contributed by atoms with Crippen molar-refractivity contribution in [1.82, 2.24) is 4.98 Å². The standard InChI is InChI=1S/C21H20N2O3S/c1-25-16-9-10-19(26-2)17(11-16)22-20(24)14-5-3-13(4-6-14)18-12-27-21(23-18)15-7-8-15/h3-6,9-12,15H,7-8H2,1-2H3,(H,22,24). The molecule has 5 nitrogen and oxygen atoms in total. The molecule has 1 N–H and O–H groups in total. The summed E-state index contributed by atoms with van der Waals surface area (Å²) >= 11 is 1.72. The van der Waals surface area contributed by atoms with E-state index in [1.165, 1.54) is 17.8 Å². The molecule has 1 amide bonds. The number of ether oxygens (including phenoxy) is 2. The summed E-state index contributed by atoms with van der Waals surface area (Å²) in [6.07, 6.45) is 2.50. The molecule has 0 aliphatic heterocycles. The fourth-order valence-corrected chi connectivity index (χ4v) is 3.84. The summed E-state index contributed by atoms with van der Waals surface area (Å²) in [5.41, 5.74) is 3.14. The van der Waals surface area contributed by atoms with E-state index in [9.17, 15) is 4.79 Å². The molecule has 1 aliphatic rings. The molecule has 138 valence electrons. The molecule has 1 saturated carbocycles. The highest BCUT2D eigenvalue weighted by Crippen LogP contribution is 2.42. The lowest BCUT2D eigenvalue weighted by Gasteiger charge is -2.12. The van der Waals surface area contributed by atoms with Gasteiger partial charge in [-0.1, -0.05) is 12.1 Å². The fourth-order valence-electron chi connectivity index (χ4n) is 2.84. The van der Waals surface area contributed by atoms with Gasteiger partial charge in [-0.15, -0.1) is 11.3 Å². The van der Waals surface area contributed by atoms with E-state index in [1.54, 1.807) is 43.8 Å². The topological polar surface area (TPSA) is 60.5 Å². The number of rotatable bonds is 6. The van der Waals surface area contributed by atoms with Crippen LogP contribution in [-0.2, 0) is 0 Å². The number of benzene rings is 2. The Balaban J connectivity index is 1.50. The first-order valence-electron chi connectivity index (χ1n) is 8.77. The number of anilines is 1. The number of thiazole rings is 1. The molecule has 27 heavy (non-hydrogen) atoms. The highest BCUT2D eigenvalue weighted by Gasteiger charge is 2.26. The average Bonchev–Trinajstić information content (AvgIpc) is 3.44. The second kappa shape index (κ2) is 7.40. The van der Waals surface area contributed by atoms with Gasteiger partial charge in [0.05, 0.1) is 30.6 Å². The Labute approximate surface area is 162 Å². The van der Waals surface area contributed by atoms with Crippen molar-refractivity contribution in [1.29, 1.82) is 0 Å². The summed E-state index contributed by atoms with van der Waals surface area (Å²) < 4.78 is 10.5. The number of methoxy groups -OCH3 is 2. The van der Waals surface area contributed by atoms with Crippen molar-refractivity contribution in [2.24, 2.45) is 0 Å². The quantitative estimate of drug-likeness (QED) is 0.657. The van der Waals surface area contributed by atoms with Crippen LogP contribution in [0.5, 0.6) is 11.5 Å². The molecular weight excluding hydrogens is 360 g/mol. The minimum Gasteiger partial charge on any atom is -0.497 e. The molecule has 6 heteroatoms. The number of hydrogen-bond donors (Lipinski definition) is 1. The molecule has 2 aromatic carbocycles. The Morgan fingerprint density at radius 2 is 1.89 bits per heavy atom. The van der Waals surface area contributed by atoms with Gasteiger partial charge in [0, 0.05) is 28.5 Å². The maximum atomic E-state index is 12.6. The van der Waals surface area contributed by atoms with Crippen molar-refractivity contribution >= 4 is 22.9 Å². The van der Waals surface area contributed by atoms with E-state index in [4.69, 9.17) is 14.5 Å². The highest BCUT2D eigenvalue weighted by atomic mass is 32.1. The van der Waals surface area contributed by atoms with Crippen molar-refractivity contribution in [3.05, 3.63) is 58.4 Å². The minimum absolute atomic E-state index is 0.204. The van der Waals surface area contributed by atoms with Gasteiger partial charge in [-0.3, -0.25) is 4.79 Å². The lowest BCUT2D eigenvalue weighted by atomic mass is 10.1. The molecule has 0 bridgehead atoms. The van der Waals surface area contributed by atoms with Gasteiger partial charge in [-0.2, -0.15) is 0 Å². The molecule has 4 rings (SSSR count). The SMILES string of the molecule is COc1ccc(OC)c(NC(=O)c2ccc(-c3csc(C4CC4)n3)cc2)c1. The smallest absolute Gasteiger partial charge is 0.255 e. The maximum absolute atomic E-state index is 12.6. The summed E-state index contributed by atoms with van der Waals surface area (Å²) in [6, 6.07) is 12.8. The summed E-state index contributed by atoms with van der Waals surface area (Å²) in [5.74, 6) is 1.68. The van der Waals surface area contributed by atoms with Crippen LogP contribution in [0.1, 0.15) is 34.1 Å². The molecule has 0 atom stereocenters. The highest BCUT2D eigenvalue weighted by molar-refractivity contribution is 7.10. The molecule has 1 heterocycles. The van der Waals surface area contributed by atoms with Crippen LogP contribution in [0.3, 0.4) is 0 Å². The second-order valence-corrected chi connectivity index (χ2v) is 7.33. The molecule has 0 unspecified atom stereocenters. The number of carbonyl (C=O) groups is 1. The van der Waals surface area contributed by atoms with Crippen LogP contribution < -0.4 is 14.8 Å². The van der Waals surface area contributed by atoms with E-state index in [-0.39, 0.29) is 5.91 Å². The van der Waals surface area contributed by atoms with Crippen LogP contribution in [0.2, 0.25) is 0 Å². The van der Waals surface area contributed by atoms with Crippen molar-refractivity contribution in [3.63, 3.8) is 0 Å². The molecule has 0 saturated heterocycles. The second-order valence-electron chi connectivity index (χ2n) is 6.44. The monoisotopic (exact) mass is 380 g/mol. The van der Waals surface area contributed by atoms with Gasteiger partial charge in [0.25, 0.3) is 5.91 Å². The lowest BCUT2D eigenvalue weighted by Crippen LogP contribution is -2.12. The van der Waals surface area contributed by atoms with Crippen LogP contribution in [-0.4, -0.2) is 25.1 Å². The Hall–Kier alpha value is -2.86. The normalized spacial score (nSPS) is 13.3. The van der Waals surface area contributed by atoms with E-state index in [1.807, 2.05) is 24.3 Å². The fraction of sp³-hybridized carbons (Fsp3) is 0.238. The van der Waals surface area contributed by atoms with Crippen LogP contribution in [0, 0.1) is 0 Å². The summed E-state index contributed by atoms with van der Waals surface area (Å²) in [4.78, 5) is 17.3. The third kappa shape index (κ3) is 3.80. The lowest BCUT2D eigenvalue weighted by molar-refractivity contribution is 0.102. The Kier molecular flexibility index (Phi) is 4.81. The van der Waals surface area contributed by atoms with Crippen LogP contribution in [0.15, 0.2) is 47.8 Å². The van der Waals surface area contributed by atoms with Gasteiger partial charge < -0.3 is 14.8 Å². The molecule has 3 aromatic rings. The molecular formula is C21H20N2O3S. The number of aromatic nitrogens is 1. The van der Waals surface area contributed by atoms with E-state index in [0.717, 1.165) is 11.3 Å². The minimum atomic E-state index is -0.204. The van der Waals surface area contributed by atoms with Crippen molar-refractivity contribution in [2.45, 2.75) is 18.8 Å². The molecule has 0 radical (unpaired) electrons. The Bertz CT molecular complexity index is 962. The number of nitrogens with one attached hydrogen (secondary N) is 1. The van der Waals surface area contributed by atoms with Crippen molar-refractivity contribution < 1.29 is 14.3 Å². The first-order chi connectivity index (χ1) is 13.2. The van der Waals surface area contributed by atoms with Gasteiger partial charge in [0.2, 0.25) is 0 Å². The van der Waals surface area contributed by atoms with E-state index in [0.29, 0.717) is 28.7 Å². The zero-order valence-electron chi connectivity index (χ0n) is 15.2. The van der Waals surface area contributed by atoms with Gasteiger partial charge in [-0.05, 0) is 37.1 Å². The number of amides is 1. The van der Waals surface area contributed by atoms with Crippen LogP contribution in [0.4, 0.5) is 5.69 Å². The summed E-state index contributed by atoms with van der Waals surface area (Å²) in [5, 5.41) is 6.19. The summed E-state index contributed by atoms with van der Waals surface area (Å²) in [6.45, 7) is 0. The zero-order valence-corrected chi connectivity index (χ0v) is 16.0. The molecule has 1 aromatic heterocycles.